The summed E-state index contributed by atoms with van der Waals surface area (Å²) >= 11 is 0. The lowest BCUT2D eigenvalue weighted by Gasteiger charge is -2.22. The summed E-state index contributed by atoms with van der Waals surface area (Å²) in [5.74, 6) is 0. The molecular formula is C63H41N. The van der Waals surface area contributed by atoms with Crippen LogP contribution in [0, 0.1) is 0 Å². The van der Waals surface area contributed by atoms with Gasteiger partial charge in [-0.2, -0.15) is 0 Å². The maximum Gasteiger partial charge on any atom is 0.0702 e. The largest absolute Gasteiger partial charge is 0.256 e. The van der Waals surface area contributed by atoms with E-state index >= 15 is 0 Å². The summed E-state index contributed by atoms with van der Waals surface area (Å²) in [7, 11) is 0. The summed E-state index contributed by atoms with van der Waals surface area (Å²) in [5.41, 5.74) is 15.4. The van der Waals surface area contributed by atoms with Gasteiger partial charge in [-0.15, -0.1) is 0 Å². The Bertz CT molecular complexity index is 3580. The van der Waals surface area contributed by atoms with Crippen LogP contribution in [0.2, 0.25) is 0 Å². The molecule has 298 valence electrons. The minimum atomic E-state index is 0.972. The van der Waals surface area contributed by atoms with Gasteiger partial charge in [0.25, 0.3) is 0 Å². The van der Waals surface area contributed by atoms with E-state index in [9.17, 15) is 0 Å². The Morgan fingerprint density at radius 3 is 1.12 bits per heavy atom. The van der Waals surface area contributed by atoms with Crippen LogP contribution in [0.1, 0.15) is 16.7 Å². The molecule has 1 aromatic heterocycles. The van der Waals surface area contributed by atoms with Gasteiger partial charge in [-0.3, -0.25) is 4.98 Å². The lowest BCUT2D eigenvalue weighted by molar-refractivity contribution is 1.40. The third kappa shape index (κ3) is 6.46. The number of aromatic nitrogens is 1. The zero-order chi connectivity index (χ0) is 42.4. The third-order valence-corrected chi connectivity index (χ3v) is 12.9. The van der Waals surface area contributed by atoms with Crippen molar-refractivity contribution in [2.24, 2.45) is 0 Å². The van der Waals surface area contributed by atoms with Gasteiger partial charge in [0.15, 0.2) is 0 Å². The van der Waals surface area contributed by atoms with E-state index in [2.05, 4.69) is 243 Å². The maximum atomic E-state index is 5.00. The Morgan fingerprint density at radius 2 is 0.656 bits per heavy atom. The van der Waals surface area contributed by atoms with Crippen LogP contribution in [0.3, 0.4) is 0 Å². The fourth-order valence-electron chi connectivity index (χ4n) is 10.00. The molecule has 0 saturated carbocycles. The van der Waals surface area contributed by atoms with E-state index in [1.54, 1.807) is 0 Å². The molecule has 11 aromatic carbocycles. The number of pyridine rings is 1. The van der Waals surface area contributed by atoms with Gasteiger partial charge in [0.05, 0.1) is 5.52 Å². The van der Waals surface area contributed by atoms with Crippen LogP contribution >= 0.6 is 0 Å². The molecule has 0 spiro atoms. The van der Waals surface area contributed by atoms with Crippen LogP contribution in [0.15, 0.2) is 243 Å². The molecule has 12 rings (SSSR count). The van der Waals surface area contributed by atoms with Crippen molar-refractivity contribution in [3.63, 3.8) is 0 Å². The Morgan fingerprint density at radius 1 is 0.297 bits per heavy atom. The molecular weight excluding hydrogens is 771 g/mol. The smallest absolute Gasteiger partial charge is 0.0702 e. The number of benzene rings is 11. The molecule has 0 radical (unpaired) electrons. The van der Waals surface area contributed by atoms with E-state index < -0.39 is 0 Å². The molecule has 0 bridgehead atoms. The molecule has 0 saturated heterocycles. The Balaban J connectivity index is 1.06. The van der Waals surface area contributed by atoms with Crippen LogP contribution in [0.5, 0.6) is 0 Å². The van der Waals surface area contributed by atoms with Crippen molar-refractivity contribution in [3.05, 3.63) is 259 Å². The van der Waals surface area contributed by atoms with Crippen molar-refractivity contribution in [1.29, 1.82) is 0 Å². The molecule has 0 N–H and O–H groups in total. The standard InChI is InChI=1S/C63H41N/c1-4-18-43(19-5-1)44-32-34-47(35-33-44)60-50-24-10-14-28-54(50)62(55-29-15-11-25-51(55)60)63-56-30-16-12-26-52(56)61(53-27-13-17-31-57(53)63)48-36-37-59-49(40-48)38-42(41-64-59)39-58(45-20-6-2-7-21-45)46-22-8-3-9-23-46/h1-41H. The molecule has 1 nitrogen and oxygen atoms in total. The van der Waals surface area contributed by atoms with Crippen LogP contribution in [0.4, 0.5) is 0 Å². The average molecular weight is 812 g/mol. The number of nitrogens with zero attached hydrogens (tertiary/aromatic N) is 1. The minimum absolute atomic E-state index is 0.972. The first-order valence-electron chi connectivity index (χ1n) is 22.0. The second-order valence-corrected chi connectivity index (χ2v) is 16.6. The Kier molecular flexibility index (Phi) is 9.24. The van der Waals surface area contributed by atoms with Crippen molar-refractivity contribution in [1.82, 2.24) is 4.98 Å². The van der Waals surface area contributed by atoms with Crippen LogP contribution in [-0.2, 0) is 0 Å². The number of hydrogen-bond acceptors (Lipinski definition) is 1. The van der Waals surface area contributed by atoms with Gasteiger partial charge in [-0.1, -0.05) is 218 Å². The zero-order valence-corrected chi connectivity index (χ0v) is 35.1. The van der Waals surface area contributed by atoms with Crippen molar-refractivity contribution in [3.8, 4) is 44.5 Å². The fraction of sp³-hybridized carbons (Fsp3) is 0. The van der Waals surface area contributed by atoms with E-state index in [4.69, 9.17) is 4.98 Å². The van der Waals surface area contributed by atoms with Crippen LogP contribution < -0.4 is 0 Å². The van der Waals surface area contributed by atoms with Crippen molar-refractivity contribution in [2.75, 3.05) is 0 Å². The van der Waals surface area contributed by atoms with E-state index in [1.165, 1.54) is 104 Å². The van der Waals surface area contributed by atoms with Gasteiger partial charge in [-0.05, 0) is 134 Å². The second kappa shape index (κ2) is 15.8. The SMILES string of the molecule is C(=C(c1ccccc1)c1ccccc1)c1cnc2ccc(-c3c4ccccc4c(-c4c5ccccc5c(-c5ccc(-c6ccccc6)cc5)c5ccccc45)c4ccccc34)cc2c1. The lowest BCUT2D eigenvalue weighted by atomic mass is 9.81. The molecule has 0 aliphatic rings. The van der Waals surface area contributed by atoms with Crippen LogP contribution in [0.25, 0.3) is 110 Å². The number of hydrogen-bond donors (Lipinski definition) is 0. The maximum absolute atomic E-state index is 5.00. The van der Waals surface area contributed by atoms with E-state index in [-0.39, 0.29) is 0 Å². The van der Waals surface area contributed by atoms with Crippen LogP contribution in [-0.4, -0.2) is 4.98 Å². The summed E-state index contributed by atoms with van der Waals surface area (Å²) in [6.45, 7) is 0. The first-order chi connectivity index (χ1) is 31.8. The molecule has 0 atom stereocenters. The Labute approximate surface area is 372 Å². The van der Waals surface area contributed by atoms with E-state index in [0.29, 0.717) is 0 Å². The molecule has 12 aromatic rings. The molecule has 0 fully saturated rings. The summed E-state index contributed by atoms with van der Waals surface area (Å²) in [6.07, 6.45) is 4.26. The zero-order valence-electron chi connectivity index (χ0n) is 35.1. The highest BCUT2D eigenvalue weighted by molar-refractivity contribution is 6.30. The minimum Gasteiger partial charge on any atom is -0.256 e. The van der Waals surface area contributed by atoms with Gasteiger partial charge in [0.1, 0.15) is 0 Å². The van der Waals surface area contributed by atoms with Crippen molar-refractivity contribution >= 4 is 65.6 Å². The normalized spacial score (nSPS) is 11.4. The van der Waals surface area contributed by atoms with Gasteiger partial charge in [0, 0.05) is 11.6 Å². The van der Waals surface area contributed by atoms with Gasteiger partial charge >= 0.3 is 0 Å². The molecule has 0 aliphatic heterocycles. The third-order valence-electron chi connectivity index (χ3n) is 12.9. The average Bonchev–Trinajstić information content (AvgIpc) is 3.37. The Hall–Kier alpha value is -8.39. The van der Waals surface area contributed by atoms with E-state index in [0.717, 1.165) is 16.5 Å². The topological polar surface area (TPSA) is 12.9 Å². The molecule has 0 aliphatic carbocycles. The highest BCUT2D eigenvalue weighted by Crippen LogP contribution is 2.50. The van der Waals surface area contributed by atoms with Crippen molar-refractivity contribution < 1.29 is 0 Å². The molecule has 1 heterocycles. The van der Waals surface area contributed by atoms with E-state index in [1.807, 2.05) is 6.20 Å². The fourth-order valence-corrected chi connectivity index (χ4v) is 10.00. The van der Waals surface area contributed by atoms with Gasteiger partial charge in [-0.25, -0.2) is 0 Å². The van der Waals surface area contributed by atoms with Gasteiger partial charge in [0.2, 0.25) is 0 Å². The molecule has 0 unspecified atom stereocenters. The quantitative estimate of drug-likeness (QED) is 0.146. The molecule has 64 heavy (non-hydrogen) atoms. The first kappa shape index (κ1) is 37.4. The molecule has 0 amide bonds. The number of rotatable bonds is 7. The van der Waals surface area contributed by atoms with Gasteiger partial charge < -0.3 is 0 Å². The molecule has 1 heteroatoms. The first-order valence-corrected chi connectivity index (χ1v) is 22.0. The second-order valence-electron chi connectivity index (χ2n) is 16.6. The summed E-state index contributed by atoms with van der Waals surface area (Å²) < 4.78 is 0. The summed E-state index contributed by atoms with van der Waals surface area (Å²) in [5, 5.41) is 11.0. The predicted octanol–water partition coefficient (Wildman–Crippen LogP) is 17.1. The monoisotopic (exact) mass is 811 g/mol. The highest BCUT2D eigenvalue weighted by Gasteiger charge is 2.22. The number of fused-ring (bicyclic) bond motifs is 5. The van der Waals surface area contributed by atoms with Crippen molar-refractivity contribution in [2.45, 2.75) is 0 Å². The summed E-state index contributed by atoms with van der Waals surface area (Å²) in [4.78, 5) is 5.00. The highest BCUT2D eigenvalue weighted by atomic mass is 14.6. The predicted molar refractivity (Wildman–Crippen MR) is 273 cm³/mol. The summed E-state index contributed by atoms with van der Waals surface area (Å²) in [6, 6.07) is 86.0. The lowest BCUT2D eigenvalue weighted by Crippen LogP contribution is -1.95.